The first-order valence-electron chi connectivity index (χ1n) is 7.59. The van der Waals surface area contributed by atoms with Crippen molar-refractivity contribution < 1.29 is 0 Å². The normalized spacial score (nSPS) is 18.8. The van der Waals surface area contributed by atoms with Gasteiger partial charge >= 0.3 is 0 Å². The largest absolute Gasteiger partial charge is 0.355 e. The maximum absolute atomic E-state index is 2.39. The summed E-state index contributed by atoms with van der Waals surface area (Å²) in [5.74, 6) is 0.529. The SMILES string of the molecule is CC(C)c1cccc2c1C1N(C)C=CN1c1ccccc1-2. The van der Waals surface area contributed by atoms with Crippen LogP contribution in [0.1, 0.15) is 37.1 Å². The van der Waals surface area contributed by atoms with Gasteiger partial charge < -0.3 is 9.80 Å². The molecule has 2 heterocycles. The molecule has 0 amide bonds. The molecule has 2 heteroatoms. The highest BCUT2D eigenvalue weighted by Gasteiger charge is 2.36. The quantitative estimate of drug-likeness (QED) is 0.744. The van der Waals surface area contributed by atoms with Crippen LogP contribution in [-0.2, 0) is 0 Å². The van der Waals surface area contributed by atoms with E-state index in [9.17, 15) is 0 Å². The predicted molar refractivity (Wildman–Crippen MR) is 88.1 cm³/mol. The summed E-state index contributed by atoms with van der Waals surface area (Å²) in [7, 11) is 2.16. The smallest absolute Gasteiger partial charge is 0.132 e. The third-order valence-electron chi connectivity index (χ3n) is 4.60. The molecule has 0 N–H and O–H groups in total. The van der Waals surface area contributed by atoms with Gasteiger partial charge in [0.25, 0.3) is 0 Å². The fraction of sp³-hybridized carbons (Fsp3) is 0.263. The van der Waals surface area contributed by atoms with Gasteiger partial charge in [-0.3, -0.25) is 0 Å². The molecule has 106 valence electrons. The molecule has 0 saturated heterocycles. The summed E-state index contributed by atoms with van der Waals surface area (Å²) in [6.45, 7) is 4.56. The second-order valence-corrected chi connectivity index (χ2v) is 6.22. The van der Waals surface area contributed by atoms with E-state index < -0.39 is 0 Å². The lowest BCUT2D eigenvalue weighted by Gasteiger charge is -2.39. The zero-order valence-electron chi connectivity index (χ0n) is 12.7. The van der Waals surface area contributed by atoms with Crippen molar-refractivity contribution >= 4 is 5.69 Å². The molecular formula is C19H20N2. The van der Waals surface area contributed by atoms with Gasteiger partial charge in [-0.1, -0.05) is 50.2 Å². The van der Waals surface area contributed by atoms with Gasteiger partial charge in [-0.25, -0.2) is 0 Å². The molecule has 0 aliphatic carbocycles. The van der Waals surface area contributed by atoms with Gasteiger partial charge in [0.1, 0.15) is 6.17 Å². The van der Waals surface area contributed by atoms with Crippen LogP contribution >= 0.6 is 0 Å². The van der Waals surface area contributed by atoms with E-state index in [0.29, 0.717) is 5.92 Å². The number of rotatable bonds is 1. The molecular weight excluding hydrogens is 256 g/mol. The molecule has 0 saturated carbocycles. The Hall–Kier alpha value is -2.22. The minimum atomic E-state index is 0.286. The highest BCUT2D eigenvalue weighted by molar-refractivity contribution is 5.86. The Balaban J connectivity index is 2.06. The van der Waals surface area contributed by atoms with E-state index in [1.54, 1.807) is 0 Å². The average molecular weight is 276 g/mol. The first kappa shape index (κ1) is 12.5. The van der Waals surface area contributed by atoms with Crippen LogP contribution in [0.5, 0.6) is 0 Å². The third-order valence-corrected chi connectivity index (χ3v) is 4.60. The lowest BCUT2D eigenvalue weighted by molar-refractivity contribution is 0.364. The lowest BCUT2D eigenvalue weighted by Crippen LogP contribution is -2.32. The predicted octanol–water partition coefficient (Wildman–Crippen LogP) is 4.71. The van der Waals surface area contributed by atoms with Crippen molar-refractivity contribution in [2.24, 2.45) is 0 Å². The van der Waals surface area contributed by atoms with Crippen LogP contribution < -0.4 is 4.90 Å². The molecule has 2 aliphatic heterocycles. The Labute approximate surface area is 126 Å². The zero-order chi connectivity index (χ0) is 14.6. The van der Waals surface area contributed by atoms with Gasteiger partial charge in [-0.15, -0.1) is 0 Å². The fourth-order valence-electron chi connectivity index (χ4n) is 3.63. The van der Waals surface area contributed by atoms with Gasteiger partial charge in [-0.2, -0.15) is 0 Å². The van der Waals surface area contributed by atoms with E-state index in [-0.39, 0.29) is 6.17 Å². The Morgan fingerprint density at radius 1 is 0.905 bits per heavy atom. The molecule has 1 unspecified atom stereocenters. The Kier molecular flexibility index (Phi) is 2.61. The van der Waals surface area contributed by atoms with Crippen LogP contribution in [0.3, 0.4) is 0 Å². The molecule has 2 nitrogen and oxygen atoms in total. The Bertz CT molecular complexity index is 730. The second kappa shape index (κ2) is 4.39. The van der Waals surface area contributed by atoms with Gasteiger partial charge in [0.2, 0.25) is 0 Å². The van der Waals surface area contributed by atoms with Crippen LogP contribution in [-0.4, -0.2) is 11.9 Å². The van der Waals surface area contributed by atoms with Crippen molar-refractivity contribution in [3.05, 3.63) is 66.0 Å². The summed E-state index contributed by atoms with van der Waals surface area (Å²) >= 11 is 0. The van der Waals surface area contributed by atoms with Crippen LogP contribution in [0, 0.1) is 0 Å². The molecule has 0 fully saturated rings. The Morgan fingerprint density at radius 3 is 2.48 bits per heavy atom. The van der Waals surface area contributed by atoms with Crippen molar-refractivity contribution in [1.29, 1.82) is 0 Å². The lowest BCUT2D eigenvalue weighted by atomic mass is 9.85. The summed E-state index contributed by atoms with van der Waals surface area (Å²) in [4.78, 5) is 4.70. The van der Waals surface area contributed by atoms with Gasteiger partial charge in [-0.05, 0) is 23.1 Å². The molecule has 21 heavy (non-hydrogen) atoms. The van der Waals surface area contributed by atoms with Crippen LogP contribution in [0.2, 0.25) is 0 Å². The molecule has 0 spiro atoms. The van der Waals surface area contributed by atoms with E-state index >= 15 is 0 Å². The molecule has 1 atom stereocenters. The first-order valence-corrected chi connectivity index (χ1v) is 7.59. The average Bonchev–Trinajstić information content (AvgIpc) is 2.89. The number of para-hydroxylation sites is 1. The maximum Gasteiger partial charge on any atom is 0.132 e. The van der Waals surface area contributed by atoms with E-state index in [0.717, 1.165) is 0 Å². The maximum atomic E-state index is 2.39. The Morgan fingerprint density at radius 2 is 1.67 bits per heavy atom. The zero-order valence-corrected chi connectivity index (χ0v) is 12.7. The minimum absolute atomic E-state index is 0.286. The molecule has 2 aromatic rings. The van der Waals surface area contributed by atoms with E-state index in [1.807, 2.05) is 0 Å². The molecule has 0 radical (unpaired) electrons. The summed E-state index contributed by atoms with van der Waals surface area (Å²) in [6, 6.07) is 15.5. The van der Waals surface area contributed by atoms with Crippen molar-refractivity contribution in [3.8, 4) is 11.1 Å². The summed E-state index contributed by atoms with van der Waals surface area (Å²) in [6.07, 6.45) is 4.66. The number of nitrogens with zero attached hydrogens (tertiary/aromatic N) is 2. The molecule has 4 rings (SSSR count). The first-order chi connectivity index (χ1) is 10.2. The number of anilines is 1. The van der Waals surface area contributed by atoms with Crippen LogP contribution in [0.4, 0.5) is 5.69 Å². The van der Waals surface area contributed by atoms with E-state index in [2.05, 4.69) is 85.6 Å². The highest BCUT2D eigenvalue weighted by Crippen LogP contribution is 2.49. The minimum Gasteiger partial charge on any atom is -0.355 e. The third kappa shape index (κ3) is 1.65. The van der Waals surface area contributed by atoms with E-state index in [4.69, 9.17) is 0 Å². The van der Waals surface area contributed by atoms with Crippen molar-refractivity contribution in [3.63, 3.8) is 0 Å². The highest BCUT2D eigenvalue weighted by atomic mass is 15.4. The van der Waals surface area contributed by atoms with Crippen LogP contribution in [0.15, 0.2) is 54.9 Å². The summed E-state index contributed by atoms with van der Waals surface area (Å²) in [5.41, 5.74) is 6.93. The molecule has 0 bridgehead atoms. The molecule has 2 aromatic carbocycles. The number of hydrogen-bond donors (Lipinski definition) is 0. The second-order valence-electron chi connectivity index (χ2n) is 6.22. The van der Waals surface area contributed by atoms with Crippen LogP contribution in [0.25, 0.3) is 11.1 Å². The molecule has 0 aromatic heterocycles. The van der Waals surface area contributed by atoms with E-state index in [1.165, 1.54) is 27.9 Å². The molecule has 2 aliphatic rings. The van der Waals surface area contributed by atoms with Gasteiger partial charge in [0.15, 0.2) is 0 Å². The van der Waals surface area contributed by atoms with Crippen molar-refractivity contribution in [1.82, 2.24) is 4.90 Å². The summed E-state index contributed by atoms with van der Waals surface area (Å²) < 4.78 is 0. The van der Waals surface area contributed by atoms with Crippen molar-refractivity contribution in [2.75, 3.05) is 11.9 Å². The van der Waals surface area contributed by atoms with Gasteiger partial charge in [0.05, 0.1) is 5.69 Å². The summed E-state index contributed by atoms with van der Waals surface area (Å²) in [5, 5.41) is 0. The fourth-order valence-corrected chi connectivity index (χ4v) is 3.63. The number of benzene rings is 2. The topological polar surface area (TPSA) is 6.48 Å². The van der Waals surface area contributed by atoms with Crippen molar-refractivity contribution in [2.45, 2.75) is 25.9 Å². The number of fused-ring (bicyclic) bond motifs is 6. The van der Waals surface area contributed by atoms with Gasteiger partial charge in [0, 0.05) is 30.6 Å². The number of hydrogen-bond acceptors (Lipinski definition) is 2. The monoisotopic (exact) mass is 276 g/mol. The standard InChI is InChI=1S/C19H20N2/c1-13(2)14-8-6-9-16-15-7-4-5-10-17(15)21-12-11-20(3)19(21)18(14)16/h4-13,19H,1-3H3.